The number of rotatable bonds is 5. The van der Waals surface area contributed by atoms with Crippen LogP contribution in [0.3, 0.4) is 0 Å². The minimum atomic E-state index is -0.0579. The van der Waals surface area contributed by atoms with Crippen LogP contribution in [0.15, 0.2) is 47.0 Å². The zero-order valence-corrected chi connectivity index (χ0v) is 18.1. The predicted molar refractivity (Wildman–Crippen MR) is 115 cm³/mol. The van der Waals surface area contributed by atoms with Crippen LogP contribution in [0.5, 0.6) is 5.75 Å². The van der Waals surface area contributed by atoms with Crippen molar-refractivity contribution in [2.75, 3.05) is 19.7 Å². The van der Waals surface area contributed by atoms with Gasteiger partial charge in [-0.25, -0.2) is 0 Å². The maximum absolute atomic E-state index is 12.4. The zero-order valence-electron chi connectivity index (χ0n) is 15.9. The molecular weight excluding hydrogens is 449 g/mol. The van der Waals surface area contributed by atoms with Crippen LogP contribution in [-0.2, 0) is 4.79 Å². The number of ether oxygens (including phenoxy) is 1. The predicted octanol–water partition coefficient (Wildman–Crippen LogP) is 5.48. The van der Waals surface area contributed by atoms with Gasteiger partial charge in [0.1, 0.15) is 5.75 Å². The molecule has 1 aromatic heterocycles. The summed E-state index contributed by atoms with van der Waals surface area (Å²) in [6.45, 7) is 1.18. The Labute approximate surface area is 188 Å². The molecule has 2 heterocycles. The largest absolute Gasteiger partial charge is 0.484 e. The van der Waals surface area contributed by atoms with E-state index in [-0.39, 0.29) is 18.4 Å². The summed E-state index contributed by atoms with van der Waals surface area (Å²) in [5, 5.41) is 5.60. The molecule has 1 fully saturated rings. The van der Waals surface area contributed by atoms with Crippen molar-refractivity contribution in [3.05, 3.63) is 63.4 Å². The Bertz CT molecular complexity index is 1010. The fourth-order valence-electron chi connectivity index (χ4n) is 3.36. The molecule has 0 radical (unpaired) electrons. The van der Waals surface area contributed by atoms with Crippen molar-refractivity contribution in [2.45, 2.75) is 18.8 Å². The van der Waals surface area contributed by atoms with Crippen molar-refractivity contribution in [3.63, 3.8) is 0 Å². The molecule has 1 aliphatic heterocycles. The van der Waals surface area contributed by atoms with E-state index in [1.807, 2.05) is 0 Å². The summed E-state index contributed by atoms with van der Waals surface area (Å²) >= 11 is 18.3. The first-order valence-electron chi connectivity index (χ1n) is 9.45. The maximum Gasteiger partial charge on any atom is 0.260 e. The molecule has 2 aromatic carbocycles. The van der Waals surface area contributed by atoms with Crippen molar-refractivity contribution in [1.82, 2.24) is 15.0 Å². The van der Waals surface area contributed by atoms with Crippen molar-refractivity contribution in [3.8, 4) is 17.1 Å². The van der Waals surface area contributed by atoms with Crippen molar-refractivity contribution >= 4 is 40.7 Å². The summed E-state index contributed by atoms with van der Waals surface area (Å²) in [5.74, 6) is 1.53. The van der Waals surface area contributed by atoms with E-state index in [4.69, 9.17) is 44.1 Å². The average molecular weight is 467 g/mol. The highest BCUT2D eigenvalue weighted by molar-refractivity contribution is 6.38. The maximum atomic E-state index is 12.4. The molecule has 4 rings (SSSR count). The van der Waals surface area contributed by atoms with Gasteiger partial charge in [0.2, 0.25) is 11.7 Å². The Kier molecular flexibility index (Phi) is 6.46. The van der Waals surface area contributed by atoms with E-state index < -0.39 is 0 Å². The molecule has 1 saturated heterocycles. The second kappa shape index (κ2) is 9.25. The molecule has 9 heteroatoms. The van der Waals surface area contributed by atoms with E-state index in [0.29, 0.717) is 51.2 Å². The number of carbonyl (C=O) groups is 1. The number of likely N-dealkylation sites (tertiary alicyclic amines) is 1. The Balaban J connectivity index is 1.33. The van der Waals surface area contributed by atoms with Gasteiger partial charge in [0.25, 0.3) is 5.91 Å². The quantitative estimate of drug-likeness (QED) is 0.498. The number of benzene rings is 2. The molecule has 3 aromatic rings. The second-order valence-electron chi connectivity index (χ2n) is 6.95. The molecule has 1 amide bonds. The topological polar surface area (TPSA) is 68.5 Å². The van der Waals surface area contributed by atoms with Gasteiger partial charge in [-0.05, 0) is 49.2 Å². The number of piperidine rings is 1. The second-order valence-corrected chi connectivity index (χ2v) is 8.20. The fourth-order valence-corrected chi connectivity index (χ4v) is 4.05. The van der Waals surface area contributed by atoms with Gasteiger partial charge in [0.15, 0.2) is 6.61 Å². The van der Waals surface area contributed by atoms with E-state index in [1.165, 1.54) is 0 Å². The molecule has 1 aliphatic rings. The number of amides is 1. The third-order valence-corrected chi connectivity index (χ3v) is 5.88. The normalized spacial score (nSPS) is 14.7. The molecule has 0 N–H and O–H groups in total. The first kappa shape index (κ1) is 21.0. The van der Waals surface area contributed by atoms with Crippen molar-refractivity contribution < 1.29 is 14.1 Å². The summed E-state index contributed by atoms with van der Waals surface area (Å²) in [7, 11) is 0. The van der Waals surface area contributed by atoms with Gasteiger partial charge in [-0.15, -0.1) is 0 Å². The average Bonchev–Trinajstić information content (AvgIpc) is 3.23. The van der Waals surface area contributed by atoms with Gasteiger partial charge >= 0.3 is 0 Å². The molecule has 0 saturated carbocycles. The molecule has 30 heavy (non-hydrogen) atoms. The van der Waals surface area contributed by atoms with Gasteiger partial charge in [0, 0.05) is 24.0 Å². The van der Waals surface area contributed by atoms with Gasteiger partial charge < -0.3 is 14.2 Å². The zero-order chi connectivity index (χ0) is 21.1. The van der Waals surface area contributed by atoms with Crippen LogP contribution < -0.4 is 4.74 Å². The van der Waals surface area contributed by atoms with E-state index in [1.54, 1.807) is 47.4 Å². The summed E-state index contributed by atoms with van der Waals surface area (Å²) < 4.78 is 11.0. The van der Waals surface area contributed by atoms with E-state index in [2.05, 4.69) is 10.1 Å². The Morgan fingerprint density at radius 3 is 2.40 bits per heavy atom. The smallest absolute Gasteiger partial charge is 0.260 e. The minimum absolute atomic E-state index is 0.0119. The van der Waals surface area contributed by atoms with Crippen LogP contribution in [-0.4, -0.2) is 40.6 Å². The highest BCUT2D eigenvalue weighted by Gasteiger charge is 2.28. The lowest BCUT2D eigenvalue weighted by Crippen LogP contribution is -2.40. The molecule has 6 nitrogen and oxygen atoms in total. The molecule has 0 aliphatic carbocycles. The van der Waals surface area contributed by atoms with E-state index in [0.717, 1.165) is 12.8 Å². The number of nitrogens with zero attached hydrogens (tertiary/aromatic N) is 3. The number of hydrogen-bond acceptors (Lipinski definition) is 5. The van der Waals surface area contributed by atoms with Crippen LogP contribution in [0.2, 0.25) is 15.1 Å². The number of hydrogen-bond donors (Lipinski definition) is 0. The van der Waals surface area contributed by atoms with Crippen LogP contribution in [0.1, 0.15) is 24.7 Å². The number of carbonyl (C=O) groups excluding carboxylic acids is 1. The highest BCUT2D eigenvalue weighted by Crippen LogP contribution is 2.34. The lowest BCUT2D eigenvalue weighted by atomic mass is 9.97. The van der Waals surface area contributed by atoms with E-state index in [9.17, 15) is 4.79 Å². The van der Waals surface area contributed by atoms with Gasteiger partial charge in [0.05, 0.1) is 15.6 Å². The molecule has 0 unspecified atom stereocenters. The summed E-state index contributed by atoms with van der Waals surface area (Å²) in [5.41, 5.74) is 0.558. The molecule has 0 atom stereocenters. The molecule has 0 spiro atoms. The van der Waals surface area contributed by atoms with Crippen molar-refractivity contribution in [1.29, 1.82) is 0 Å². The van der Waals surface area contributed by atoms with Gasteiger partial charge in [-0.1, -0.05) is 46.0 Å². The summed E-state index contributed by atoms with van der Waals surface area (Å²) in [6.07, 6.45) is 1.45. The van der Waals surface area contributed by atoms with Crippen molar-refractivity contribution in [2.24, 2.45) is 0 Å². The third-order valence-electron chi connectivity index (χ3n) is 5.00. The first-order chi connectivity index (χ1) is 14.5. The molecule has 156 valence electrons. The highest BCUT2D eigenvalue weighted by atomic mass is 35.5. The van der Waals surface area contributed by atoms with Crippen LogP contribution in [0.25, 0.3) is 11.4 Å². The fraction of sp³-hybridized carbons (Fsp3) is 0.286. The lowest BCUT2D eigenvalue weighted by molar-refractivity contribution is -0.134. The standard InChI is InChI=1S/C21H18Cl3N3O3/c22-14-4-6-15(7-5-14)29-12-18(28)27-10-8-13(9-11-27)21-25-20(26-30-21)19-16(23)2-1-3-17(19)24/h1-7,13H,8-12H2. The summed E-state index contributed by atoms with van der Waals surface area (Å²) in [4.78, 5) is 18.7. The monoisotopic (exact) mass is 465 g/mol. The first-order valence-corrected chi connectivity index (χ1v) is 10.6. The Morgan fingerprint density at radius 1 is 1.07 bits per heavy atom. The third kappa shape index (κ3) is 4.72. The lowest BCUT2D eigenvalue weighted by Gasteiger charge is -2.30. The van der Waals surface area contributed by atoms with Crippen LogP contribution >= 0.6 is 34.8 Å². The van der Waals surface area contributed by atoms with Gasteiger partial charge in [-0.3, -0.25) is 4.79 Å². The van der Waals surface area contributed by atoms with Crippen LogP contribution in [0, 0.1) is 0 Å². The number of aromatic nitrogens is 2. The SMILES string of the molecule is O=C(COc1ccc(Cl)cc1)N1CCC(c2nc(-c3c(Cl)cccc3Cl)no2)CC1. The van der Waals surface area contributed by atoms with Crippen LogP contribution in [0.4, 0.5) is 0 Å². The molecule has 0 bridgehead atoms. The minimum Gasteiger partial charge on any atom is -0.484 e. The van der Waals surface area contributed by atoms with Gasteiger partial charge in [-0.2, -0.15) is 4.98 Å². The number of halogens is 3. The van der Waals surface area contributed by atoms with E-state index >= 15 is 0 Å². The Hall–Kier alpha value is -2.28. The molecular formula is C21H18Cl3N3O3. The Morgan fingerprint density at radius 2 is 1.73 bits per heavy atom. The summed E-state index contributed by atoms with van der Waals surface area (Å²) in [6, 6.07) is 12.1.